The highest BCUT2D eigenvalue weighted by Crippen LogP contribution is 2.41. The Balaban J connectivity index is 0.000000339. The van der Waals surface area contributed by atoms with Crippen LogP contribution in [0.5, 0.6) is 0 Å². The number of rotatable bonds is 2. The molecule has 1 spiro atoms. The van der Waals surface area contributed by atoms with E-state index in [0.29, 0.717) is 5.69 Å². The van der Waals surface area contributed by atoms with Gasteiger partial charge in [-0.1, -0.05) is 6.07 Å². The van der Waals surface area contributed by atoms with Crippen molar-refractivity contribution < 1.29 is 27.9 Å². The lowest BCUT2D eigenvalue weighted by atomic mass is 9.78. The Bertz CT molecular complexity index is 888. The molecule has 31 heavy (non-hydrogen) atoms. The minimum atomic E-state index is -5.08. The van der Waals surface area contributed by atoms with E-state index in [0.717, 1.165) is 51.3 Å². The fourth-order valence-electron chi connectivity index (χ4n) is 3.84. The maximum atomic E-state index is 12.6. The topological polar surface area (TPSA) is 99.5 Å². The van der Waals surface area contributed by atoms with Crippen LogP contribution in [-0.2, 0) is 4.79 Å². The molecule has 0 aliphatic carbocycles. The zero-order chi connectivity index (χ0) is 22.5. The van der Waals surface area contributed by atoms with Crippen molar-refractivity contribution in [3.05, 3.63) is 48.7 Å². The lowest BCUT2D eigenvalue weighted by molar-refractivity contribution is -0.192. The van der Waals surface area contributed by atoms with Gasteiger partial charge in [0, 0.05) is 44.8 Å². The van der Waals surface area contributed by atoms with Gasteiger partial charge in [0.15, 0.2) is 0 Å². The van der Waals surface area contributed by atoms with Crippen LogP contribution < -0.4 is 4.90 Å². The second-order valence-electron chi connectivity index (χ2n) is 7.55. The number of carbonyl (C=O) groups excluding carboxylic acids is 1. The Kier molecular flexibility index (Phi) is 6.71. The smallest absolute Gasteiger partial charge is 0.475 e. The first kappa shape index (κ1) is 22.4. The van der Waals surface area contributed by atoms with Crippen LogP contribution in [0.2, 0.25) is 0 Å². The van der Waals surface area contributed by atoms with Crippen LogP contribution in [0.4, 0.5) is 19.0 Å². The highest BCUT2D eigenvalue weighted by molar-refractivity contribution is 5.92. The van der Waals surface area contributed by atoms with Gasteiger partial charge in [-0.2, -0.15) is 13.2 Å². The Morgan fingerprint density at radius 3 is 2.23 bits per heavy atom. The predicted octanol–water partition coefficient (Wildman–Crippen LogP) is 2.64. The van der Waals surface area contributed by atoms with Crippen LogP contribution in [0.3, 0.4) is 0 Å². The molecule has 2 aliphatic heterocycles. The van der Waals surface area contributed by atoms with Gasteiger partial charge in [-0.3, -0.25) is 9.78 Å². The Hall–Kier alpha value is -3.24. The van der Waals surface area contributed by atoms with Crippen LogP contribution in [0, 0.1) is 5.41 Å². The molecule has 1 N–H and O–H groups in total. The highest BCUT2D eigenvalue weighted by Gasteiger charge is 2.42. The average molecular weight is 437 g/mol. The van der Waals surface area contributed by atoms with Gasteiger partial charge in [-0.25, -0.2) is 14.8 Å². The Labute approximate surface area is 176 Å². The lowest BCUT2D eigenvalue weighted by Crippen LogP contribution is -2.42. The number of hydrogen-bond acceptors (Lipinski definition) is 6. The quantitative estimate of drug-likeness (QED) is 0.771. The van der Waals surface area contributed by atoms with Crippen LogP contribution in [0.25, 0.3) is 0 Å². The number of piperidine rings is 1. The van der Waals surface area contributed by atoms with Gasteiger partial charge in [0.1, 0.15) is 11.5 Å². The van der Waals surface area contributed by atoms with Gasteiger partial charge in [-0.15, -0.1) is 0 Å². The molecule has 11 heteroatoms. The van der Waals surface area contributed by atoms with Gasteiger partial charge in [0.05, 0.1) is 6.20 Å². The number of halogens is 3. The fraction of sp³-hybridized carbons (Fsp3) is 0.450. The molecule has 2 fully saturated rings. The maximum Gasteiger partial charge on any atom is 0.490 e. The third kappa shape index (κ3) is 5.68. The van der Waals surface area contributed by atoms with Crippen molar-refractivity contribution >= 4 is 17.7 Å². The minimum Gasteiger partial charge on any atom is -0.475 e. The molecule has 2 aromatic heterocycles. The summed E-state index contributed by atoms with van der Waals surface area (Å²) in [4.78, 5) is 38.3. The van der Waals surface area contributed by atoms with Gasteiger partial charge >= 0.3 is 12.1 Å². The van der Waals surface area contributed by atoms with Crippen LogP contribution >= 0.6 is 0 Å². The van der Waals surface area contributed by atoms with Crippen molar-refractivity contribution in [2.75, 3.05) is 31.1 Å². The summed E-state index contributed by atoms with van der Waals surface area (Å²) < 4.78 is 31.7. The van der Waals surface area contributed by atoms with E-state index in [1.54, 1.807) is 18.6 Å². The summed E-state index contributed by atoms with van der Waals surface area (Å²) >= 11 is 0. The van der Waals surface area contributed by atoms with Gasteiger partial charge in [-0.05, 0) is 36.8 Å². The van der Waals surface area contributed by atoms with Crippen molar-refractivity contribution in [2.24, 2.45) is 5.41 Å². The molecule has 8 nitrogen and oxygen atoms in total. The summed E-state index contributed by atoms with van der Waals surface area (Å²) in [6, 6.07) is 6.04. The molecule has 2 aromatic rings. The van der Waals surface area contributed by atoms with Crippen molar-refractivity contribution in [3.8, 4) is 0 Å². The molecule has 0 saturated carbocycles. The summed E-state index contributed by atoms with van der Waals surface area (Å²) in [6.07, 6.45) is 4.77. The average Bonchev–Trinajstić information content (AvgIpc) is 3.18. The molecule has 4 rings (SSSR count). The van der Waals surface area contributed by atoms with E-state index in [2.05, 4.69) is 25.9 Å². The molecular formula is C20H22F3N5O3. The molecule has 0 bridgehead atoms. The molecule has 0 atom stereocenters. The van der Waals surface area contributed by atoms with Crippen LogP contribution in [0.1, 0.15) is 29.8 Å². The number of nitrogens with zero attached hydrogens (tertiary/aromatic N) is 5. The number of alkyl halides is 3. The zero-order valence-corrected chi connectivity index (χ0v) is 16.6. The molecular weight excluding hydrogens is 415 g/mol. The minimum absolute atomic E-state index is 0.00660. The standard InChI is InChI=1S/C18H21N5O.C2HF3O2/c24-17(15-13-19-8-9-20-15)23-12-6-18(14-23)4-10-22(11-5-18)16-3-1-2-7-21-16;3-2(4,5)1(6)7/h1-3,7-9,13H,4-6,10-12,14H2;(H,6,7). The second-order valence-corrected chi connectivity index (χ2v) is 7.55. The number of hydrogen-bond donors (Lipinski definition) is 1. The van der Waals surface area contributed by atoms with E-state index in [1.165, 1.54) is 0 Å². The molecule has 0 radical (unpaired) electrons. The summed E-state index contributed by atoms with van der Waals surface area (Å²) in [6.45, 7) is 3.66. The molecule has 0 unspecified atom stereocenters. The van der Waals surface area contributed by atoms with Crippen LogP contribution in [0.15, 0.2) is 43.0 Å². The zero-order valence-electron chi connectivity index (χ0n) is 16.6. The van der Waals surface area contributed by atoms with Crippen LogP contribution in [-0.4, -0.2) is 69.2 Å². The van der Waals surface area contributed by atoms with E-state index >= 15 is 0 Å². The van der Waals surface area contributed by atoms with E-state index in [9.17, 15) is 18.0 Å². The van der Waals surface area contributed by atoms with Gasteiger partial charge < -0.3 is 14.9 Å². The number of pyridine rings is 1. The second kappa shape index (κ2) is 9.27. The number of likely N-dealkylation sites (tertiary alicyclic amines) is 1. The number of anilines is 1. The van der Waals surface area contributed by atoms with E-state index in [-0.39, 0.29) is 11.3 Å². The van der Waals surface area contributed by atoms with Crippen molar-refractivity contribution in [1.82, 2.24) is 19.9 Å². The number of carbonyl (C=O) groups is 2. The normalized spacial score (nSPS) is 17.8. The number of aliphatic carboxylic acids is 1. The van der Waals surface area contributed by atoms with Crippen molar-refractivity contribution in [3.63, 3.8) is 0 Å². The summed E-state index contributed by atoms with van der Waals surface area (Å²) in [7, 11) is 0. The lowest BCUT2D eigenvalue weighted by Gasteiger charge is -2.39. The first-order chi connectivity index (χ1) is 14.7. The van der Waals surface area contributed by atoms with E-state index in [4.69, 9.17) is 9.90 Å². The Morgan fingerprint density at radius 1 is 1.00 bits per heavy atom. The van der Waals surface area contributed by atoms with Crippen molar-refractivity contribution in [2.45, 2.75) is 25.4 Å². The SMILES string of the molecule is O=C(O)C(F)(F)F.O=C(c1cnccn1)N1CCC2(CCN(c3ccccn3)CC2)C1. The largest absolute Gasteiger partial charge is 0.490 e. The Morgan fingerprint density at radius 2 is 1.68 bits per heavy atom. The number of amides is 1. The van der Waals surface area contributed by atoms with E-state index in [1.807, 2.05) is 23.2 Å². The maximum absolute atomic E-state index is 12.6. The first-order valence-electron chi connectivity index (χ1n) is 9.72. The highest BCUT2D eigenvalue weighted by atomic mass is 19.4. The number of aromatic nitrogens is 3. The fourth-order valence-corrected chi connectivity index (χ4v) is 3.84. The molecule has 0 aromatic carbocycles. The third-order valence-electron chi connectivity index (χ3n) is 5.55. The number of carboxylic acids is 1. The monoisotopic (exact) mass is 437 g/mol. The molecule has 166 valence electrons. The molecule has 4 heterocycles. The summed E-state index contributed by atoms with van der Waals surface area (Å²) in [5, 5.41) is 7.12. The summed E-state index contributed by atoms with van der Waals surface area (Å²) in [5.74, 6) is -1.70. The third-order valence-corrected chi connectivity index (χ3v) is 5.55. The first-order valence-corrected chi connectivity index (χ1v) is 9.72. The molecule has 2 saturated heterocycles. The summed E-state index contributed by atoms with van der Waals surface area (Å²) in [5.41, 5.74) is 0.698. The predicted molar refractivity (Wildman–Crippen MR) is 104 cm³/mol. The molecule has 2 aliphatic rings. The van der Waals surface area contributed by atoms with E-state index < -0.39 is 12.1 Å². The van der Waals surface area contributed by atoms with Crippen molar-refractivity contribution in [1.29, 1.82) is 0 Å². The number of carboxylic acid groups (broad SMARTS) is 1. The van der Waals surface area contributed by atoms with Gasteiger partial charge in [0.2, 0.25) is 0 Å². The van der Waals surface area contributed by atoms with Gasteiger partial charge in [0.25, 0.3) is 5.91 Å². The molecule has 1 amide bonds.